The summed E-state index contributed by atoms with van der Waals surface area (Å²) in [6.07, 6.45) is 0.776. The molecule has 3 aromatic carbocycles. The Morgan fingerprint density at radius 2 is 1.62 bits per heavy atom. The van der Waals surface area contributed by atoms with Gasteiger partial charge in [-0.1, -0.05) is 61.0 Å². The summed E-state index contributed by atoms with van der Waals surface area (Å²) in [6.45, 7) is 9.97. The number of hydrogen-bond acceptors (Lipinski definition) is 6. The molecule has 2 heterocycles. The number of hydrogen-bond donors (Lipinski definition) is 1. The van der Waals surface area contributed by atoms with Crippen molar-refractivity contribution in [1.82, 2.24) is 30.1 Å². The summed E-state index contributed by atoms with van der Waals surface area (Å²) < 4.78 is 7.16. The predicted octanol–water partition coefficient (Wildman–Crippen LogP) is 5.65. The topological polar surface area (TPSA) is 88.9 Å². The molecule has 0 unspecified atom stereocenters. The van der Waals surface area contributed by atoms with Gasteiger partial charge in [-0.25, -0.2) is 4.68 Å². The summed E-state index contributed by atoms with van der Waals surface area (Å²) in [4.78, 5) is 18.8. The highest BCUT2D eigenvalue weighted by molar-refractivity contribution is 5.85. The monoisotopic (exact) mass is 536 g/mol. The largest absolute Gasteiger partial charge is 0.497 e. The highest BCUT2D eigenvalue weighted by Gasteiger charge is 2.26. The van der Waals surface area contributed by atoms with E-state index in [-0.39, 0.29) is 11.6 Å². The third-order valence-electron chi connectivity index (χ3n) is 7.58. The second kappa shape index (κ2) is 11.8. The number of rotatable bonds is 10. The van der Waals surface area contributed by atoms with E-state index in [1.807, 2.05) is 48.0 Å². The van der Waals surface area contributed by atoms with Crippen LogP contribution in [0.4, 0.5) is 0 Å². The molecule has 206 valence electrons. The van der Waals surface area contributed by atoms with E-state index in [4.69, 9.17) is 4.74 Å². The molecule has 0 aliphatic rings. The van der Waals surface area contributed by atoms with Gasteiger partial charge in [-0.15, -0.1) is 5.10 Å². The lowest BCUT2D eigenvalue weighted by Gasteiger charge is -2.30. The molecule has 1 N–H and O–H groups in total. The molecule has 8 nitrogen and oxygen atoms in total. The van der Waals surface area contributed by atoms with Crippen LogP contribution in [0.15, 0.2) is 71.5 Å². The van der Waals surface area contributed by atoms with E-state index < -0.39 is 0 Å². The van der Waals surface area contributed by atoms with Crippen LogP contribution < -0.4 is 10.3 Å². The fourth-order valence-electron chi connectivity index (χ4n) is 5.23. The minimum absolute atomic E-state index is 0.0669. The van der Waals surface area contributed by atoms with Crippen molar-refractivity contribution in [3.63, 3.8) is 0 Å². The van der Waals surface area contributed by atoms with Crippen molar-refractivity contribution in [2.75, 3.05) is 7.11 Å². The number of nitrogens with zero attached hydrogens (tertiary/aromatic N) is 5. The molecule has 40 heavy (non-hydrogen) atoms. The number of benzene rings is 3. The molecule has 5 rings (SSSR count). The molecule has 0 bridgehead atoms. The van der Waals surface area contributed by atoms with Crippen LogP contribution in [0.3, 0.4) is 0 Å². The number of pyridine rings is 1. The summed E-state index contributed by atoms with van der Waals surface area (Å²) in [7, 11) is 1.66. The maximum atomic E-state index is 13.3. The lowest BCUT2D eigenvalue weighted by molar-refractivity contribution is 0.161. The zero-order valence-corrected chi connectivity index (χ0v) is 23.8. The Morgan fingerprint density at radius 3 is 2.33 bits per heavy atom. The van der Waals surface area contributed by atoms with Crippen LogP contribution in [0.1, 0.15) is 58.6 Å². The standard InChI is InChI=1S/C32H36N6O2/c1-6-29(31-34-35-36-38(31)19-25-13-15-27(40-5)16-14-25)37(18-24-11-7-21(2)8-12-24)20-26-17-28-22(3)9-10-23(4)30(28)33-32(26)39/h7-17,29H,6,18-20H2,1-5H3,(H,33,39)/t29-/m0/s1. The highest BCUT2D eigenvalue weighted by atomic mass is 16.5. The van der Waals surface area contributed by atoms with Crippen molar-refractivity contribution in [3.8, 4) is 5.75 Å². The summed E-state index contributed by atoms with van der Waals surface area (Å²) in [6, 6.07) is 22.6. The third-order valence-corrected chi connectivity index (χ3v) is 7.58. The minimum Gasteiger partial charge on any atom is -0.497 e. The van der Waals surface area contributed by atoms with Crippen LogP contribution >= 0.6 is 0 Å². The van der Waals surface area contributed by atoms with Gasteiger partial charge in [-0.2, -0.15) is 0 Å². The second-order valence-corrected chi connectivity index (χ2v) is 10.5. The van der Waals surface area contributed by atoms with Gasteiger partial charge in [0.25, 0.3) is 5.56 Å². The zero-order valence-electron chi connectivity index (χ0n) is 23.8. The number of H-pyrrole nitrogens is 1. The van der Waals surface area contributed by atoms with E-state index in [1.165, 1.54) is 11.1 Å². The van der Waals surface area contributed by atoms with E-state index in [0.29, 0.717) is 19.6 Å². The maximum Gasteiger partial charge on any atom is 0.252 e. The molecule has 2 aromatic heterocycles. The van der Waals surface area contributed by atoms with Crippen molar-refractivity contribution in [1.29, 1.82) is 0 Å². The van der Waals surface area contributed by atoms with E-state index >= 15 is 0 Å². The van der Waals surface area contributed by atoms with Gasteiger partial charge in [0.1, 0.15) is 5.75 Å². The number of aryl methyl sites for hydroxylation is 3. The molecular formula is C32H36N6O2. The third kappa shape index (κ3) is 5.82. The molecular weight excluding hydrogens is 500 g/mol. The molecule has 0 radical (unpaired) electrons. The van der Waals surface area contributed by atoms with Crippen LogP contribution in [0.25, 0.3) is 10.9 Å². The van der Waals surface area contributed by atoms with Gasteiger partial charge in [0.2, 0.25) is 0 Å². The Labute approximate surface area is 234 Å². The number of aromatic amines is 1. The average molecular weight is 537 g/mol. The Morgan fingerprint density at radius 1 is 0.925 bits per heavy atom. The molecule has 8 heteroatoms. The Kier molecular flexibility index (Phi) is 8.07. The zero-order chi connectivity index (χ0) is 28.2. The Balaban J connectivity index is 1.52. The number of fused-ring (bicyclic) bond motifs is 1. The quantitative estimate of drug-likeness (QED) is 0.248. The van der Waals surface area contributed by atoms with E-state index in [1.54, 1.807) is 7.11 Å². The number of aromatic nitrogens is 5. The van der Waals surface area contributed by atoms with Gasteiger partial charge in [0.05, 0.1) is 25.2 Å². The van der Waals surface area contributed by atoms with Gasteiger partial charge >= 0.3 is 0 Å². The van der Waals surface area contributed by atoms with Crippen molar-refractivity contribution in [3.05, 3.63) is 116 Å². The van der Waals surface area contributed by atoms with Crippen molar-refractivity contribution in [2.24, 2.45) is 0 Å². The van der Waals surface area contributed by atoms with Crippen LogP contribution in [-0.2, 0) is 19.6 Å². The first-order valence-electron chi connectivity index (χ1n) is 13.7. The molecule has 0 aliphatic carbocycles. The van der Waals surface area contributed by atoms with E-state index in [9.17, 15) is 4.79 Å². The first-order chi connectivity index (χ1) is 19.4. The average Bonchev–Trinajstić information content (AvgIpc) is 3.41. The lowest BCUT2D eigenvalue weighted by Crippen LogP contribution is -2.32. The van der Waals surface area contributed by atoms with Crippen LogP contribution in [0.2, 0.25) is 0 Å². The second-order valence-electron chi connectivity index (χ2n) is 10.5. The van der Waals surface area contributed by atoms with Crippen LogP contribution in [0.5, 0.6) is 5.75 Å². The molecule has 0 fully saturated rings. The van der Waals surface area contributed by atoms with E-state index in [0.717, 1.165) is 51.2 Å². The smallest absolute Gasteiger partial charge is 0.252 e. The highest BCUT2D eigenvalue weighted by Crippen LogP contribution is 2.28. The molecule has 1 atom stereocenters. The molecule has 0 aliphatic heterocycles. The van der Waals surface area contributed by atoms with Gasteiger partial charge in [-0.05, 0) is 78.1 Å². The van der Waals surface area contributed by atoms with Gasteiger partial charge in [-0.3, -0.25) is 9.69 Å². The SMILES string of the molecule is CC[C@@H](c1nnnn1Cc1ccc(OC)cc1)N(Cc1ccc(C)cc1)Cc1cc2c(C)ccc(C)c2[nH]c1=O. The van der Waals surface area contributed by atoms with E-state index in [2.05, 4.69) is 76.5 Å². The molecule has 0 saturated carbocycles. The summed E-state index contributed by atoms with van der Waals surface area (Å²) >= 11 is 0. The molecule has 0 spiro atoms. The van der Waals surface area contributed by atoms with Crippen LogP contribution in [0, 0.1) is 20.8 Å². The van der Waals surface area contributed by atoms with Gasteiger partial charge in [0.15, 0.2) is 5.82 Å². The lowest BCUT2D eigenvalue weighted by atomic mass is 10.0. The van der Waals surface area contributed by atoms with Gasteiger partial charge in [0, 0.05) is 24.0 Å². The number of ether oxygens (including phenoxy) is 1. The fourth-order valence-corrected chi connectivity index (χ4v) is 5.23. The number of tetrazole rings is 1. The number of methoxy groups -OCH3 is 1. The first-order valence-corrected chi connectivity index (χ1v) is 13.7. The maximum absolute atomic E-state index is 13.3. The molecule has 0 amide bonds. The summed E-state index contributed by atoms with van der Waals surface area (Å²) in [5.41, 5.74) is 7.21. The Bertz CT molecular complexity index is 1650. The Hall–Kier alpha value is -4.30. The molecule has 5 aromatic rings. The van der Waals surface area contributed by atoms with Crippen molar-refractivity contribution >= 4 is 10.9 Å². The fraction of sp³-hybridized carbons (Fsp3) is 0.312. The van der Waals surface area contributed by atoms with Crippen molar-refractivity contribution in [2.45, 2.75) is 59.8 Å². The normalized spacial score (nSPS) is 12.2. The first kappa shape index (κ1) is 27.3. The van der Waals surface area contributed by atoms with Gasteiger partial charge < -0.3 is 9.72 Å². The summed E-state index contributed by atoms with van der Waals surface area (Å²) in [5, 5.41) is 13.9. The summed E-state index contributed by atoms with van der Waals surface area (Å²) in [5.74, 6) is 1.58. The van der Waals surface area contributed by atoms with Crippen LogP contribution in [-0.4, -0.2) is 37.2 Å². The predicted molar refractivity (Wildman–Crippen MR) is 157 cm³/mol. The minimum atomic E-state index is -0.108. The molecule has 0 saturated heterocycles. The number of nitrogens with one attached hydrogen (secondary N) is 1. The van der Waals surface area contributed by atoms with Crippen molar-refractivity contribution < 1.29 is 4.74 Å².